The summed E-state index contributed by atoms with van der Waals surface area (Å²) in [5, 5.41) is 9.55. The van der Waals surface area contributed by atoms with Gasteiger partial charge in [-0.15, -0.1) is 11.3 Å². The number of rotatable bonds is 5. The van der Waals surface area contributed by atoms with Gasteiger partial charge in [0.25, 0.3) is 0 Å². The van der Waals surface area contributed by atoms with Crippen LogP contribution < -0.4 is 9.47 Å². The molecule has 1 N–H and O–H groups in total. The lowest BCUT2D eigenvalue weighted by molar-refractivity contribution is 0.198. The molecule has 0 fully saturated rings. The van der Waals surface area contributed by atoms with E-state index in [2.05, 4.69) is 15.9 Å². The maximum atomic E-state index is 9.55. The summed E-state index contributed by atoms with van der Waals surface area (Å²) >= 11 is 5.06. The van der Waals surface area contributed by atoms with Crippen LogP contribution in [0.15, 0.2) is 34.1 Å². The SMILES string of the molecule is COc1cc([C@@H](C)O)ccc1OCc1ccc(Br)s1. The molecule has 0 saturated heterocycles. The van der Waals surface area contributed by atoms with E-state index >= 15 is 0 Å². The summed E-state index contributed by atoms with van der Waals surface area (Å²) < 4.78 is 12.1. The van der Waals surface area contributed by atoms with E-state index in [0.717, 1.165) is 14.2 Å². The van der Waals surface area contributed by atoms with Crippen LogP contribution in [-0.2, 0) is 6.61 Å². The van der Waals surface area contributed by atoms with Crippen LogP contribution in [-0.4, -0.2) is 12.2 Å². The summed E-state index contributed by atoms with van der Waals surface area (Å²) in [6.45, 7) is 2.22. The number of aliphatic hydroxyl groups excluding tert-OH is 1. The lowest BCUT2D eigenvalue weighted by Gasteiger charge is -2.12. The van der Waals surface area contributed by atoms with Crippen molar-refractivity contribution >= 4 is 27.3 Å². The lowest BCUT2D eigenvalue weighted by atomic mass is 10.1. The number of thiophene rings is 1. The van der Waals surface area contributed by atoms with Crippen LogP contribution in [0.1, 0.15) is 23.5 Å². The van der Waals surface area contributed by atoms with Crippen LogP contribution in [0.3, 0.4) is 0 Å². The number of halogens is 1. The van der Waals surface area contributed by atoms with Crippen molar-refractivity contribution in [3.63, 3.8) is 0 Å². The van der Waals surface area contributed by atoms with Gasteiger partial charge in [-0.25, -0.2) is 0 Å². The average Bonchev–Trinajstić information content (AvgIpc) is 2.81. The second-order valence-electron chi connectivity index (χ2n) is 4.08. The van der Waals surface area contributed by atoms with Crippen molar-refractivity contribution in [2.45, 2.75) is 19.6 Å². The van der Waals surface area contributed by atoms with E-state index < -0.39 is 6.10 Å². The molecule has 0 aliphatic rings. The summed E-state index contributed by atoms with van der Waals surface area (Å²) in [6, 6.07) is 9.48. The molecule has 0 radical (unpaired) electrons. The lowest BCUT2D eigenvalue weighted by Crippen LogP contribution is -1.98. The van der Waals surface area contributed by atoms with Gasteiger partial charge in [-0.05, 0) is 52.7 Å². The number of methoxy groups -OCH3 is 1. The summed E-state index contributed by atoms with van der Waals surface area (Å²) in [5.74, 6) is 1.31. The molecule has 0 amide bonds. The first kappa shape index (κ1) is 14.4. The monoisotopic (exact) mass is 342 g/mol. The first-order chi connectivity index (χ1) is 9.10. The molecule has 102 valence electrons. The Morgan fingerprint density at radius 1 is 1.26 bits per heavy atom. The minimum Gasteiger partial charge on any atom is -0.493 e. The fraction of sp³-hybridized carbons (Fsp3) is 0.286. The third-order valence-electron chi connectivity index (χ3n) is 2.67. The topological polar surface area (TPSA) is 38.7 Å². The molecule has 2 aromatic rings. The third-order valence-corrected chi connectivity index (χ3v) is 4.27. The van der Waals surface area contributed by atoms with E-state index in [9.17, 15) is 5.11 Å². The van der Waals surface area contributed by atoms with Crippen LogP contribution in [0.25, 0.3) is 0 Å². The zero-order chi connectivity index (χ0) is 13.8. The van der Waals surface area contributed by atoms with Gasteiger partial charge >= 0.3 is 0 Å². The molecule has 1 atom stereocenters. The van der Waals surface area contributed by atoms with Crippen molar-refractivity contribution in [1.82, 2.24) is 0 Å². The molecule has 1 heterocycles. The Kier molecular flexibility index (Phi) is 4.85. The van der Waals surface area contributed by atoms with Crippen LogP contribution in [0.5, 0.6) is 11.5 Å². The number of benzene rings is 1. The Balaban J connectivity index is 2.11. The van der Waals surface area contributed by atoms with Gasteiger partial charge in [-0.1, -0.05) is 6.07 Å². The zero-order valence-corrected chi connectivity index (χ0v) is 13.1. The highest BCUT2D eigenvalue weighted by Crippen LogP contribution is 2.31. The Morgan fingerprint density at radius 2 is 2.05 bits per heavy atom. The van der Waals surface area contributed by atoms with Crippen molar-refractivity contribution in [1.29, 1.82) is 0 Å². The van der Waals surface area contributed by atoms with Crippen molar-refractivity contribution in [2.24, 2.45) is 0 Å². The summed E-state index contributed by atoms with van der Waals surface area (Å²) in [5.41, 5.74) is 0.808. The maximum absolute atomic E-state index is 9.55. The number of hydrogen-bond acceptors (Lipinski definition) is 4. The standard InChI is InChI=1S/C14H15BrO3S/c1-9(16)10-3-5-12(13(7-10)17-2)18-8-11-4-6-14(15)19-11/h3-7,9,16H,8H2,1-2H3/t9-/m1/s1. The molecule has 0 spiro atoms. The Bertz CT molecular complexity index is 551. The van der Waals surface area contributed by atoms with E-state index in [1.165, 1.54) is 0 Å². The summed E-state index contributed by atoms with van der Waals surface area (Å²) in [4.78, 5) is 1.13. The molecule has 3 nitrogen and oxygen atoms in total. The molecule has 0 aliphatic carbocycles. The van der Waals surface area contributed by atoms with E-state index in [4.69, 9.17) is 9.47 Å². The van der Waals surface area contributed by atoms with Crippen molar-refractivity contribution in [2.75, 3.05) is 7.11 Å². The summed E-state index contributed by atoms with van der Waals surface area (Å²) in [6.07, 6.45) is -0.517. The Hall–Kier alpha value is -1.04. The van der Waals surface area contributed by atoms with E-state index in [-0.39, 0.29) is 0 Å². The predicted octanol–water partition coefficient (Wildman–Crippen LogP) is 4.15. The molecule has 2 rings (SSSR count). The van der Waals surface area contributed by atoms with Crippen LogP contribution in [0.2, 0.25) is 0 Å². The Morgan fingerprint density at radius 3 is 2.63 bits per heavy atom. The Labute approximate surface area is 124 Å². The average molecular weight is 343 g/mol. The minimum absolute atomic E-state index is 0.501. The van der Waals surface area contributed by atoms with Crippen LogP contribution in [0.4, 0.5) is 0 Å². The van der Waals surface area contributed by atoms with Gasteiger partial charge in [0, 0.05) is 4.88 Å². The first-order valence-electron chi connectivity index (χ1n) is 5.83. The highest BCUT2D eigenvalue weighted by atomic mass is 79.9. The maximum Gasteiger partial charge on any atom is 0.161 e. The van der Waals surface area contributed by atoms with Crippen LogP contribution in [0, 0.1) is 0 Å². The number of hydrogen-bond donors (Lipinski definition) is 1. The van der Waals surface area contributed by atoms with Gasteiger partial charge in [0.05, 0.1) is 17.0 Å². The van der Waals surface area contributed by atoms with Crippen molar-refractivity contribution in [3.05, 3.63) is 44.6 Å². The molecule has 19 heavy (non-hydrogen) atoms. The van der Waals surface area contributed by atoms with Gasteiger partial charge in [0.15, 0.2) is 11.5 Å². The van der Waals surface area contributed by atoms with Gasteiger partial charge in [0.2, 0.25) is 0 Å². The molecular weight excluding hydrogens is 328 g/mol. The largest absolute Gasteiger partial charge is 0.493 e. The third kappa shape index (κ3) is 3.72. The highest BCUT2D eigenvalue weighted by Gasteiger charge is 2.09. The van der Waals surface area contributed by atoms with Gasteiger partial charge in [-0.2, -0.15) is 0 Å². The highest BCUT2D eigenvalue weighted by molar-refractivity contribution is 9.11. The zero-order valence-electron chi connectivity index (χ0n) is 10.7. The van der Waals surface area contributed by atoms with Gasteiger partial charge < -0.3 is 14.6 Å². The summed E-state index contributed by atoms with van der Waals surface area (Å²) in [7, 11) is 1.59. The second kappa shape index (κ2) is 6.41. The van der Waals surface area contributed by atoms with E-state index in [0.29, 0.717) is 18.1 Å². The molecule has 0 saturated carbocycles. The van der Waals surface area contributed by atoms with Crippen LogP contribution >= 0.6 is 27.3 Å². The van der Waals surface area contributed by atoms with Gasteiger partial charge in [-0.3, -0.25) is 0 Å². The fourth-order valence-electron chi connectivity index (χ4n) is 1.64. The molecular formula is C14H15BrO3S. The molecule has 1 aromatic heterocycles. The molecule has 5 heteroatoms. The van der Waals surface area contributed by atoms with Crippen molar-refractivity contribution < 1.29 is 14.6 Å². The van der Waals surface area contributed by atoms with Gasteiger partial charge in [0.1, 0.15) is 6.61 Å². The quantitative estimate of drug-likeness (QED) is 0.886. The molecule has 0 bridgehead atoms. The number of ether oxygens (including phenoxy) is 2. The fourth-order valence-corrected chi connectivity index (χ4v) is 3.04. The first-order valence-corrected chi connectivity index (χ1v) is 7.44. The van der Waals surface area contributed by atoms with E-state index in [1.54, 1.807) is 31.4 Å². The van der Waals surface area contributed by atoms with E-state index in [1.807, 2.05) is 24.3 Å². The normalized spacial score (nSPS) is 12.2. The van der Waals surface area contributed by atoms with Crippen molar-refractivity contribution in [3.8, 4) is 11.5 Å². The molecule has 1 aromatic carbocycles. The molecule has 0 aliphatic heterocycles. The molecule has 0 unspecified atom stereocenters. The second-order valence-corrected chi connectivity index (χ2v) is 6.63. The number of aliphatic hydroxyl groups is 1. The predicted molar refractivity (Wildman–Crippen MR) is 80.0 cm³/mol. The minimum atomic E-state index is -0.517. The smallest absolute Gasteiger partial charge is 0.161 e.